The van der Waals surface area contributed by atoms with Crippen LogP contribution in [0.5, 0.6) is 0 Å². The van der Waals surface area contributed by atoms with Crippen LogP contribution in [-0.4, -0.2) is 5.25 Å². The molecule has 110 valence electrons. The van der Waals surface area contributed by atoms with Crippen LogP contribution in [-0.2, 0) is 5.41 Å². The van der Waals surface area contributed by atoms with Crippen LogP contribution in [0.4, 0.5) is 0 Å². The fourth-order valence-electron chi connectivity index (χ4n) is 3.92. The van der Waals surface area contributed by atoms with Crippen molar-refractivity contribution in [3.63, 3.8) is 0 Å². The number of hydrogen-bond donors (Lipinski definition) is 0. The Balaban J connectivity index is 1.80. The summed E-state index contributed by atoms with van der Waals surface area (Å²) in [7, 11) is 0. The van der Waals surface area contributed by atoms with Crippen molar-refractivity contribution in [1.29, 1.82) is 0 Å². The van der Waals surface area contributed by atoms with Gasteiger partial charge >= 0.3 is 0 Å². The molecule has 0 aromatic heterocycles. The highest BCUT2D eigenvalue weighted by Gasteiger charge is 2.42. The van der Waals surface area contributed by atoms with Gasteiger partial charge in [0.1, 0.15) is 0 Å². The Labute approximate surface area is 133 Å². The molecule has 0 nitrogen and oxygen atoms in total. The van der Waals surface area contributed by atoms with E-state index in [4.69, 9.17) is 0 Å². The molecule has 21 heavy (non-hydrogen) atoms. The van der Waals surface area contributed by atoms with E-state index in [1.165, 1.54) is 29.7 Å². The van der Waals surface area contributed by atoms with Crippen LogP contribution in [0.2, 0.25) is 0 Å². The molecular formula is C20H24S. The molecule has 1 aliphatic rings. The van der Waals surface area contributed by atoms with Crippen molar-refractivity contribution in [3.8, 4) is 0 Å². The van der Waals surface area contributed by atoms with Gasteiger partial charge < -0.3 is 0 Å². The van der Waals surface area contributed by atoms with E-state index in [9.17, 15) is 0 Å². The number of rotatable bonds is 4. The number of hydrogen-bond acceptors (Lipinski definition) is 1. The summed E-state index contributed by atoms with van der Waals surface area (Å²) >= 11 is 2.04. The maximum absolute atomic E-state index is 2.47. The smallest absolute Gasteiger partial charge is 0.0103 e. The van der Waals surface area contributed by atoms with E-state index < -0.39 is 0 Å². The molecule has 1 heteroatoms. The van der Waals surface area contributed by atoms with E-state index >= 15 is 0 Å². The quantitative estimate of drug-likeness (QED) is 0.630. The molecule has 3 atom stereocenters. The Morgan fingerprint density at radius 2 is 1.62 bits per heavy atom. The maximum Gasteiger partial charge on any atom is 0.0103 e. The molecule has 1 aliphatic carbocycles. The van der Waals surface area contributed by atoms with Crippen molar-refractivity contribution < 1.29 is 0 Å². The highest BCUT2D eigenvalue weighted by atomic mass is 32.2. The number of thioether (sulfide) groups is 1. The highest BCUT2D eigenvalue weighted by Crippen LogP contribution is 2.50. The monoisotopic (exact) mass is 296 g/mol. The van der Waals surface area contributed by atoms with Crippen LogP contribution in [0.1, 0.15) is 38.7 Å². The van der Waals surface area contributed by atoms with Gasteiger partial charge in [-0.25, -0.2) is 0 Å². The lowest BCUT2D eigenvalue weighted by molar-refractivity contribution is 0.342. The largest absolute Gasteiger partial charge is 0.123 e. The van der Waals surface area contributed by atoms with Crippen molar-refractivity contribution in [2.45, 2.75) is 48.7 Å². The Hall–Kier alpha value is -1.21. The number of benzene rings is 2. The van der Waals surface area contributed by atoms with Gasteiger partial charge in [0.05, 0.1) is 0 Å². The third-order valence-corrected chi connectivity index (χ3v) is 6.34. The predicted octanol–water partition coefficient (Wildman–Crippen LogP) is 5.93. The summed E-state index contributed by atoms with van der Waals surface area (Å²) in [5.74, 6) is 0.755. The minimum absolute atomic E-state index is 0.336. The second-order valence-corrected chi connectivity index (χ2v) is 7.87. The van der Waals surface area contributed by atoms with Crippen molar-refractivity contribution in [3.05, 3.63) is 66.2 Å². The fraction of sp³-hybridized carbons (Fsp3) is 0.400. The van der Waals surface area contributed by atoms with Crippen LogP contribution in [0.15, 0.2) is 65.6 Å². The van der Waals surface area contributed by atoms with E-state index in [0.717, 1.165) is 5.92 Å². The third kappa shape index (κ3) is 3.03. The lowest BCUT2D eigenvalue weighted by Gasteiger charge is -2.36. The van der Waals surface area contributed by atoms with Gasteiger partial charge in [-0.05, 0) is 41.9 Å². The van der Waals surface area contributed by atoms with Crippen molar-refractivity contribution in [1.82, 2.24) is 0 Å². The second-order valence-electron chi connectivity index (χ2n) is 6.42. The zero-order valence-corrected chi connectivity index (χ0v) is 13.8. The third-order valence-electron chi connectivity index (χ3n) is 5.09. The molecule has 2 aromatic carbocycles. The molecular weight excluding hydrogens is 272 g/mol. The highest BCUT2D eigenvalue weighted by molar-refractivity contribution is 8.00. The Bertz CT molecular complexity index is 563. The van der Waals surface area contributed by atoms with E-state index in [-0.39, 0.29) is 0 Å². The predicted molar refractivity (Wildman–Crippen MR) is 92.9 cm³/mol. The lowest BCUT2D eigenvalue weighted by atomic mass is 9.73. The molecule has 0 amide bonds. The first-order valence-corrected chi connectivity index (χ1v) is 8.85. The van der Waals surface area contributed by atoms with Gasteiger partial charge in [0.2, 0.25) is 0 Å². The first kappa shape index (κ1) is 14.7. The van der Waals surface area contributed by atoms with E-state index in [1.807, 2.05) is 11.8 Å². The molecule has 1 fully saturated rings. The second kappa shape index (κ2) is 6.27. The summed E-state index contributed by atoms with van der Waals surface area (Å²) in [5, 5.41) is 0.653. The zero-order chi connectivity index (χ0) is 14.7. The van der Waals surface area contributed by atoms with Crippen LogP contribution >= 0.6 is 11.8 Å². The zero-order valence-electron chi connectivity index (χ0n) is 13.0. The Morgan fingerprint density at radius 1 is 1.00 bits per heavy atom. The molecule has 3 rings (SSSR count). The lowest BCUT2D eigenvalue weighted by Crippen LogP contribution is -2.32. The molecule has 0 radical (unpaired) electrons. The van der Waals surface area contributed by atoms with Gasteiger partial charge in [-0.1, -0.05) is 68.8 Å². The standard InChI is InChI=1S/C20H24S/c1-16(21-18-12-7-4-8-13-18)19-14-9-15-20(19,2)17-10-5-3-6-11-17/h3-8,10-13,16,19H,9,14-15H2,1-2H3/t16-,19-,20+/m1/s1. The molecule has 0 unspecified atom stereocenters. The van der Waals surface area contributed by atoms with E-state index in [2.05, 4.69) is 74.5 Å². The van der Waals surface area contributed by atoms with Gasteiger partial charge in [-0.15, -0.1) is 11.8 Å². The summed E-state index contributed by atoms with van der Waals surface area (Å²) in [5.41, 5.74) is 1.86. The first-order valence-electron chi connectivity index (χ1n) is 7.97. The molecule has 0 aliphatic heterocycles. The minimum atomic E-state index is 0.336. The molecule has 0 N–H and O–H groups in total. The molecule has 0 spiro atoms. The topological polar surface area (TPSA) is 0 Å². The van der Waals surface area contributed by atoms with Crippen molar-refractivity contribution in [2.24, 2.45) is 5.92 Å². The summed E-state index contributed by atoms with van der Waals surface area (Å²) in [6, 6.07) is 22.0. The minimum Gasteiger partial charge on any atom is -0.123 e. The summed E-state index contributed by atoms with van der Waals surface area (Å²) in [4.78, 5) is 1.40. The Morgan fingerprint density at radius 3 is 2.29 bits per heavy atom. The molecule has 0 saturated heterocycles. The molecule has 2 aromatic rings. The van der Waals surface area contributed by atoms with Crippen molar-refractivity contribution in [2.75, 3.05) is 0 Å². The van der Waals surface area contributed by atoms with E-state index in [0.29, 0.717) is 10.7 Å². The van der Waals surface area contributed by atoms with Crippen molar-refractivity contribution >= 4 is 11.8 Å². The van der Waals surface area contributed by atoms with Gasteiger partial charge in [-0.3, -0.25) is 0 Å². The van der Waals surface area contributed by atoms with Gasteiger partial charge in [0.25, 0.3) is 0 Å². The molecule has 1 saturated carbocycles. The molecule has 0 bridgehead atoms. The van der Waals surface area contributed by atoms with Gasteiger partial charge in [0.15, 0.2) is 0 Å². The summed E-state index contributed by atoms with van der Waals surface area (Å²) in [6.45, 7) is 4.89. The van der Waals surface area contributed by atoms with Crippen LogP contribution in [0.25, 0.3) is 0 Å². The normalized spacial score (nSPS) is 26.7. The van der Waals surface area contributed by atoms with Crippen LogP contribution in [0, 0.1) is 5.92 Å². The summed E-state index contributed by atoms with van der Waals surface area (Å²) < 4.78 is 0. The Kier molecular flexibility index (Phi) is 4.40. The maximum atomic E-state index is 2.47. The van der Waals surface area contributed by atoms with Crippen LogP contribution < -0.4 is 0 Å². The first-order chi connectivity index (χ1) is 10.2. The van der Waals surface area contributed by atoms with E-state index in [1.54, 1.807) is 0 Å². The van der Waals surface area contributed by atoms with Gasteiger partial charge in [0, 0.05) is 10.1 Å². The van der Waals surface area contributed by atoms with Gasteiger partial charge in [-0.2, -0.15) is 0 Å². The van der Waals surface area contributed by atoms with Crippen LogP contribution in [0.3, 0.4) is 0 Å². The summed E-state index contributed by atoms with van der Waals surface area (Å²) in [6.07, 6.45) is 4.03. The average molecular weight is 296 g/mol. The fourth-order valence-corrected chi connectivity index (χ4v) is 5.26. The SMILES string of the molecule is C[C@@H](Sc1ccccc1)[C@H]1CCC[C@@]1(C)c1ccccc1. The molecule has 0 heterocycles. The average Bonchev–Trinajstić information content (AvgIpc) is 2.92.